The Morgan fingerprint density at radius 3 is 2.56 bits per heavy atom. The van der Waals surface area contributed by atoms with Gasteiger partial charge in [-0.15, -0.1) is 0 Å². The minimum Gasteiger partial charge on any atom is -0.437 e. The predicted molar refractivity (Wildman–Crippen MR) is 126 cm³/mol. The Morgan fingerprint density at radius 1 is 1.19 bits per heavy atom. The highest BCUT2D eigenvalue weighted by atomic mass is 35.5. The van der Waals surface area contributed by atoms with Crippen LogP contribution in [-0.4, -0.2) is 19.3 Å². The van der Waals surface area contributed by atoms with Crippen molar-refractivity contribution in [3.05, 3.63) is 83.0 Å². The molecule has 0 aliphatic rings. The summed E-state index contributed by atoms with van der Waals surface area (Å²) in [6.07, 6.45) is -2.46. The standard InChI is InChI=1S/C23H16ClF3N4O4S/c1-3-21(32)30-19-7-4-15(9-14(19)11-28)35-22-20(8-13(2)12-29-22)31-36(33,34)16-5-6-18(24)17(10-16)23(25,26)27/h3-10,12,31H,1H2,2H3,(H,30,32). The normalized spacial score (nSPS) is 11.3. The summed E-state index contributed by atoms with van der Waals surface area (Å²) in [4.78, 5) is 14.9. The molecule has 0 aliphatic heterocycles. The molecule has 36 heavy (non-hydrogen) atoms. The number of benzene rings is 2. The Labute approximate surface area is 209 Å². The summed E-state index contributed by atoms with van der Waals surface area (Å²) >= 11 is 5.58. The molecule has 1 aromatic heterocycles. The van der Waals surface area contributed by atoms with E-state index >= 15 is 0 Å². The summed E-state index contributed by atoms with van der Waals surface area (Å²) in [5.74, 6) is -0.695. The van der Waals surface area contributed by atoms with Crippen molar-refractivity contribution in [3.63, 3.8) is 0 Å². The number of anilines is 2. The summed E-state index contributed by atoms with van der Waals surface area (Å²) in [5.41, 5.74) is -0.722. The Balaban J connectivity index is 1.96. The van der Waals surface area contributed by atoms with Crippen LogP contribution in [0.3, 0.4) is 0 Å². The Bertz CT molecular complexity index is 1500. The van der Waals surface area contributed by atoms with Gasteiger partial charge in [0.25, 0.3) is 10.0 Å². The van der Waals surface area contributed by atoms with Crippen molar-refractivity contribution in [2.45, 2.75) is 18.0 Å². The molecule has 0 bridgehead atoms. The fraction of sp³-hybridized carbons (Fsp3) is 0.0870. The van der Waals surface area contributed by atoms with Crippen molar-refractivity contribution < 1.29 is 31.1 Å². The molecule has 0 atom stereocenters. The third kappa shape index (κ3) is 6.12. The lowest BCUT2D eigenvalue weighted by Gasteiger charge is -2.15. The number of nitrogens with zero attached hydrogens (tertiary/aromatic N) is 2. The van der Waals surface area contributed by atoms with Crippen molar-refractivity contribution in [1.82, 2.24) is 4.98 Å². The summed E-state index contributed by atoms with van der Waals surface area (Å²) in [6, 6.07) is 9.51. The third-order valence-corrected chi connectivity index (χ3v) is 6.25. The number of pyridine rings is 1. The zero-order valence-corrected chi connectivity index (χ0v) is 19.9. The number of nitrogens with one attached hydrogen (secondary N) is 2. The number of halogens is 4. The molecule has 1 amide bonds. The van der Waals surface area contributed by atoms with E-state index in [0.717, 1.165) is 18.2 Å². The lowest BCUT2D eigenvalue weighted by Crippen LogP contribution is -2.16. The first kappa shape index (κ1) is 26.5. The topological polar surface area (TPSA) is 121 Å². The molecule has 2 aromatic carbocycles. The van der Waals surface area contributed by atoms with Gasteiger partial charge in [-0.2, -0.15) is 18.4 Å². The van der Waals surface area contributed by atoms with E-state index < -0.39 is 37.6 Å². The Kier molecular flexibility index (Phi) is 7.57. The molecule has 2 N–H and O–H groups in total. The molecule has 1 heterocycles. The Morgan fingerprint density at radius 2 is 1.92 bits per heavy atom. The molecule has 13 heteroatoms. The maximum atomic E-state index is 13.2. The van der Waals surface area contributed by atoms with Gasteiger partial charge in [-0.25, -0.2) is 13.4 Å². The number of amides is 1. The number of sulfonamides is 1. The van der Waals surface area contributed by atoms with Gasteiger partial charge in [0.05, 0.1) is 26.7 Å². The molecule has 8 nitrogen and oxygen atoms in total. The van der Waals surface area contributed by atoms with Crippen molar-refractivity contribution in [2.24, 2.45) is 0 Å². The largest absolute Gasteiger partial charge is 0.437 e. The average Bonchev–Trinajstić information content (AvgIpc) is 2.80. The number of hydrogen-bond acceptors (Lipinski definition) is 6. The Hall–Kier alpha value is -4.08. The highest BCUT2D eigenvalue weighted by Crippen LogP contribution is 2.37. The molecule has 186 valence electrons. The summed E-state index contributed by atoms with van der Waals surface area (Å²) in [7, 11) is -4.52. The number of aromatic nitrogens is 1. The molecular formula is C23H16ClF3N4O4S. The maximum absolute atomic E-state index is 13.2. The second-order valence-electron chi connectivity index (χ2n) is 7.22. The monoisotopic (exact) mass is 536 g/mol. The van der Waals surface area contributed by atoms with Crippen LogP contribution < -0.4 is 14.8 Å². The predicted octanol–water partition coefficient (Wildman–Crippen LogP) is 5.65. The second kappa shape index (κ2) is 10.3. The van der Waals surface area contributed by atoms with Crippen molar-refractivity contribution >= 4 is 38.9 Å². The highest BCUT2D eigenvalue weighted by Gasteiger charge is 2.34. The van der Waals surface area contributed by atoms with Gasteiger partial charge in [0, 0.05) is 12.3 Å². The van der Waals surface area contributed by atoms with Gasteiger partial charge in [-0.1, -0.05) is 18.2 Å². The zero-order chi connectivity index (χ0) is 26.7. The van der Waals surface area contributed by atoms with Crippen LogP contribution in [0.15, 0.2) is 66.2 Å². The van der Waals surface area contributed by atoms with Crippen LogP contribution in [0.5, 0.6) is 11.6 Å². The third-order valence-electron chi connectivity index (χ3n) is 4.55. The number of aryl methyl sites for hydroxylation is 1. The minimum atomic E-state index is -4.86. The lowest BCUT2D eigenvalue weighted by molar-refractivity contribution is -0.137. The van der Waals surface area contributed by atoms with Crippen molar-refractivity contribution in [3.8, 4) is 17.7 Å². The van der Waals surface area contributed by atoms with Gasteiger partial charge in [0.15, 0.2) is 0 Å². The molecule has 0 radical (unpaired) electrons. The van der Waals surface area contributed by atoms with Crippen LogP contribution in [0.25, 0.3) is 0 Å². The van der Waals surface area contributed by atoms with Gasteiger partial charge in [0.1, 0.15) is 17.5 Å². The van der Waals surface area contributed by atoms with Crippen LogP contribution in [0.4, 0.5) is 24.5 Å². The van der Waals surface area contributed by atoms with E-state index in [9.17, 15) is 31.6 Å². The first-order valence-corrected chi connectivity index (χ1v) is 11.7. The quantitative estimate of drug-likeness (QED) is 0.376. The fourth-order valence-corrected chi connectivity index (χ4v) is 4.19. The van der Waals surface area contributed by atoms with Crippen LogP contribution in [0, 0.1) is 18.3 Å². The van der Waals surface area contributed by atoms with Gasteiger partial charge >= 0.3 is 6.18 Å². The number of hydrogen-bond donors (Lipinski definition) is 2. The number of rotatable bonds is 7. The highest BCUT2D eigenvalue weighted by molar-refractivity contribution is 7.92. The first-order valence-electron chi connectivity index (χ1n) is 9.85. The van der Waals surface area contributed by atoms with E-state index in [-0.39, 0.29) is 28.6 Å². The number of ether oxygens (including phenoxy) is 1. The minimum absolute atomic E-state index is 0.0396. The summed E-state index contributed by atoms with van der Waals surface area (Å²) in [6.45, 7) is 4.94. The van der Waals surface area contributed by atoms with E-state index in [1.54, 1.807) is 6.92 Å². The number of alkyl halides is 3. The van der Waals surface area contributed by atoms with Gasteiger partial charge < -0.3 is 10.1 Å². The summed E-state index contributed by atoms with van der Waals surface area (Å²) < 4.78 is 73.2. The van der Waals surface area contributed by atoms with Crippen LogP contribution in [-0.2, 0) is 21.0 Å². The summed E-state index contributed by atoms with van der Waals surface area (Å²) in [5, 5.41) is 11.2. The first-order chi connectivity index (χ1) is 16.8. The second-order valence-corrected chi connectivity index (χ2v) is 9.31. The number of carbonyl (C=O) groups excluding carboxylic acids is 1. The van der Waals surface area contributed by atoms with Gasteiger partial charge in [-0.3, -0.25) is 9.52 Å². The molecule has 0 unspecified atom stereocenters. The number of carbonyl (C=O) groups is 1. The van der Waals surface area contributed by atoms with E-state index in [4.69, 9.17) is 16.3 Å². The van der Waals surface area contributed by atoms with E-state index in [0.29, 0.717) is 11.6 Å². The smallest absolute Gasteiger partial charge is 0.417 e. The zero-order valence-electron chi connectivity index (χ0n) is 18.4. The molecule has 3 rings (SSSR count). The maximum Gasteiger partial charge on any atom is 0.417 e. The van der Waals surface area contributed by atoms with Crippen LogP contribution in [0.2, 0.25) is 5.02 Å². The van der Waals surface area contributed by atoms with Crippen molar-refractivity contribution in [2.75, 3.05) is 10.0 Å². The number of nitriles is 1. The molecule has 0 aliphatic carbocycles. The fourth-order valence-electron chi connectivity index (χ4n) is 2.89. The molecular weight excluding hydrogens is 521 g/mol. The molecule has 0 saturated carbocycles. The SMILES string of the molecule is C=CC(=O)Nc1ccc(Oc2ncc(C)cc2NS(=O)(=O)c2ccc(Cl)c(C(F)(F)F)c2)cc1C#N. The van der Waals surface area contributed by atoms with Crippen LogP contribution >= 0.6 is 11.6 Å². The molecule has 0 spiro atoms. The average molecular weight is 537 g/mol. The molecule has 0 saturated heterocycles. The molecule has 3 aromatic rings. The van der Waals surface area contributed by atoms with Crippen LogP contribution in [0.1, 0.15) is 16.7 Å². The van der Waals surface area contributed by atoms with Gasteiger partial charge in [-0.05, 0) is 55.0 Å². The van der Waals surface area contributed by atoms with Crippen molar-refractivity contribution in [1.29, 1.82) is 5.26 Å². The van der Waals surface area contributed by atoms with E-state index in [1.807, 2.05) is 6.07 Å². The van der Waals surface area contributed by atoms with Gasteiger partial charge in [0.2, 0.25) is 11.8 Å². The lowest BCUT2D eigenvalue weighted by atomic mass is 10.2. The molecule has 0 fully saturated rings. The van der Waals surface area contributed by atoms with E-state index in [2.05, 4.69) is 21.6 Å². The van der Waals surface area contributed by atoms with E-state index in [1.165, 1.54) is 30.5 Å².